The fourth-order valence-corrected chi connectivity index (χ4v) is 1.60. The van der Waals surface area contributed by atoms with Gasteiger partial charge in [-0.1, -0.05) is 25.5 Å². The predicted molar refractivity (Wildman–Crippen MR) is 75.4 cm³/mol. The largest absolute Gasteiger partial charge is 0.494 e. The van der Waals surface area contributed by atoms with Gasteiger partial charge >= 0.3 is 6.18 Å². The molecule has 6 heteroatoms. The molecule has 21 heavy (non-hydrogen) atoms. The Balaban J connectivity index is 2.12. The van der Waals surface area contributed by atoms with Gasteiger partial charge in [0.15, 0.2) is 0 Å². The maximum Gasteiger partial charge on any atom is 0.411 e. The van der Waals surface area contributed by atoms with E-state index in [4.69, 9.17) is 4.74 Å². The smallest absolute Gasteiger partial charge is 0.411 e. The summed E-state index contributed by atoms with van der Waals surface area (Å²) >= 11 is 0. The molecule has 0 radical (unpaired) electrons. The van der Waals surface area contributed by atoms with E-state index in [2.05, 4.69) is 17.0 Å². The molecule has 0 aromatic heterocycles. The minimum atomic E-state index is -4.26. The average Bonchev–Trinajstić information content (AvgIpc) is 2.43. The molecule has 3 nitrogen and oxygen atoms in total. The van der Waals surface area contributed by atoms with Gasteiger partial charge in [-0.3, -0.25) is 0 Å². The van der Waals surface area contributed by atoms with Gasteiger partial charge in [0.05, 0.1) is 13.2 Å². The van der Waals surface area contributed by atoms with E-state index >= 15 is 0 Å². The Bertz CT molecular complexity index is 380. The summed E-state index contributed by atoms with van der Waals surface area (Å²) in [5.41, 5.74) is 1.05. The predicted octanol–water partition coefficient (Wildman–Crippen LogP) is 3.53. The van der Waals surface area contributed by atoms with Crippen molar-refractivity contribution >= 4 is 0 Å². The van der Waals surface area contributed by atoms with Crippen molar-refractivity contribution in [2.24, 2.45) is 0 Å². The molecular formula is C15H22F3NO2. The van der Waals surface area contributed by atoms with Crippen LogP contribution < -0.4 is 10.1 Å². The quantitative estimate of drug-likeness (QED) is 0.671. The second kappa shape index (κ2) is 9.63. The van der Waals surface area contributed by atoms with E-state index < -0.39 is 12.8 Å². The van der Waals surface area contributed by atoms with Gasteiger partial charge in [-0.05, 0) is 24.1 Å². The molecule has 1 N–H and O–H groups in total. The maximum absolute atomic E-state index is 11.8. The molecule has 0 aliphatic carbocycles. The first-order valence-corrected chi connectivity index (χ1v) is 7.08. The zero-order valence-corrected chi connectivity index (χ0v) is 12.2. The van der Waals surface area contributed by atoms with Gasteiger partial charge < -0.3 is 14.8 Å². The fraction of sp³-hybridized carbons (Fsp3) is 0.600. The molecule has 0 saturated carbocycles. The van der Waals surface area contributed by atoms with Crippen molar-refractivity contribution in [3.8, 4) is 5.75 Å². The van der Waals surface area contributed by atoms with Crippen molar-refractivity contribution < 1.29 is 22.6 Å². The Labute approximate surface area is 123 Å². The van der Waals surface area contributed by atoms with Crippen LogP contribution in [0.2, 0.25) is 0 Å². The third-order valence-corrected chi connectivity index (χ3v) is 2.71. The normalized spacial score (nSPS) is 11.6. The SMILES string of the molecule is CCCCOc1ccc(CNCCOCC(F)(F)F)cc1. The van der Waals surface area contributed by atoms with Crippen LogP contribution in [0.3, 0.4) is 0 Å². The minimum Gasteiger partial charge on any atom is -0.494 e. The van der Waals surface area contributed by atoms with Crippen LogP contribution in [0.5, 0.6) is 5.75 Å². The Hall–Kier alpha value is -1.27. The fourth-order valence-electron chi connectivity index (χ4n) is 1.60. The van der Waals surface area contributed by atoms with E-state index in [9.17, 15) is 13.2 Å². The minimum absolute atomic E-state index is 0.0394. The number of halogens is 3. The van der Waals surface area contributed by atoms with Crippen molar-refractivity contribution in [3.05, 3.63) is 29.8 Å². The number of hydrogen-bond donors (Lipinski definition) is 1. The summed E-state index contributed by atoms with van der Waals surface area (Å²) in [6.07, 6.45) is -2.13. The van der Waals surface area contributed by atoms with Gasteiger partial charge in [-0.2, -0.15) is 13.2 Å². The molecule has 0 aliphatic rings. The van der Waals surface area contributed by atoms with E-state index in [0.717, 1.165) is 24.2 Å². The first-order chi connectivity index (χ1) is 10.0. The number of benzene rings is 1. The summed E-state index contributed by atoms with van der Waals surface area (Å²) in [6.45, 7) is 2.63. The van der Waals surface area contributed by atoms with Gasteiger partial charge in [-0.25, -0.2) is 0 Å². The molecule has 1 aromatic carbocycles. The molecule has 0 unspecified atom stereocenters. The van der Waals surface area contributed by atoms with E-state index in [-0.39, 0.29) is 6.61 Å². The van der Waals surface area contributed by atoms with Gasteiger partial charge in [0.25, 0.3) is 0 Å². The Morgan fingerprint density at radius 2 is 1.81 bits per heavy atom. The second-order valence-electron chi connectivity index (χ2n) is 4.69. The highest BCUT2D eigenvalue weighted by Gasteiger charge is 2.27. The lowest BCUT2D eigenvalue weighted by Gasteiger charge is -2.09. The number of unbranched alkanes of at least 4 members (excludes halogenated alkanes) is 1. The molecule has 1 rings (SSSR count). The molecule has 0 aliphatic heterocycles. The van der Waals surface area contributed by atoms with E-state index in [1.54, 1.807) is 0 Å². The molecule has 0 atom stereocenters. The Kier molecular flexibility index (Phi) is 8.15. The molecule has 0 spiro atoms. The molecule has 0 amide bonds. The van der Waals surface area contributed by atoms with Crippen LogP contribution in [-0.2, 0) is 11.3 Å². The monoisotopic (exact) mass is 305 g/mol. The van der Waals surface area contributed by atoms with Crippen molar-refractivity contribution in [2.45, 2.75) is 32.5 Å². The van der Waals surface area contributed by atoms with Crippen LogP contribution >= 0.6 is 0 Å². The summed E-state index contributed by atoms with van der Waals surface area (Å²) in [7, 11) is 0. The van der Waals surface area contributed by atoms with Crippen molar-refractivity contribution in [2.75, 3.05) is 26.4 Å². The molecule has 0 heterocycles. The first kappa shape index (κ1) is 17.8. The zero-order chi connectivity index (χ0) is 15.6. The number of nitrogens with one attached hydrogen (secondary N) is 1. The molecule has 1 aromatic rings. The molecule has 0 bridgehead atoms. The standard InChI is InChI=1S/C15H22F3NO2/c1-2-3-9-21-14-6-4-13(5-7-14)11-19-8-10-20-12-15(16,17)18/h4-7,19H,2-3,8-12H2,1H3. The highest BCUT2D eigenvalue weighted by Crippen LogP contribution is 2.14. The molecular weight excluding hydrogens is 283 g/mol. The molecule has 0 fully saturated rings. The summed E-state index contributed by atoms with van der Waals surface area (Å²) < 4.78 is 45.5. The van der Waals surface area contributed by atoms with Gasteiger partial charge in [0.1, 0.15) is 12.4 Å². The third kappa shape index (κ3) is 9.31. The first-order valence-electron chi connectivity index (χ1n) is 7.08. The van der Waals surface area contributed by atoms with Crippen LogP contribution in [0.25, 0.3) is 0 Å². The van der Waals surface area contributed by atoms with Gasteiger partial charge in [0, 0.05) is 13.1 Å². The molecule has 0 saturated heterocycles. The summed E-state index contributed by atoms with van der Waals surface area (Å²) in [4.78, 5) is 0. The topological polar surface area (TPSA) is 30.5 Å². The summed E-state index contributed by atoms with van der Waals surface area (Å²) in [6, 6.07) is 7.66. The number of rotatable bonds is 10. The molecule has 120 valence electrons. The van der Waals surface area contributed by atoms with Crippen LogP contribution in [0.1, 0.15) is 25.3 Å². The zero-order valence-electron chi connectivity index (χ0n) is 12.2. The van der Waals surface area contributed by atoms with E-state index in [0.29, 0.717) is 19.7 Å². The van der Waals surface area contributed by atoms with Crippen LogP contribution in [-0.4, -0.2) is 32.5 Å². The van der Waals surface area contributed by atoms with E-state index in [1.807, 2.05) is 24.3 Å². The van der Waals surface area contributed by atoms with Gasteiger partial charge in [-0.15, -0.1) is 0 Å². The van der Waals surface area contributed by atoms with Crippen molar-refractivity contribution in [1.29, 1.82) is 0 Å². The lowest BCUT2D eigenvalue weighted by Crippen LogP contribution is -2.23. The van der Waals surface area contributed by atoms with Crippen LogP contribution in [0.4, 0.5) is 13.2 Å². The lowest BCUT2D eigenvalue weighted by atomic mass is 10.2. The maximum atomic E-state index is 11.8. The lowest BCUT2D eigenvalue weighted by molar-refractivity contribution is -0.173. The van der Waals surface area contributed by atoms with Crippen LogP contribution in [0, 0.1) is 0 Å². The Morgan fingerprint density at radius 1 is 1.10 bits per heavy atom. The van der Waals surface area contributed by atoms with Crippen molar-refractivity contribution in [1.82, 2.24) is 5.32 Å². The second-order valence-corrected chi connectivity index (χ2v) is 4.69. The summed E-state index contributed by atoms with van der Waals surface area (Å²) in [5, 5.41) is 3.03. The van der Waals surface area contributed by atoms with Crippen molar-refractivity contribution in [3.63, 3.8) is 0 Å². The third-order valence-electron chi connectivity index (χ3n) is 2.71. The van der Waals surface area contributed by atoms with Gasteiger partial charge in [0.2, 0.25) is 0 Å². The number of hydrogen-bond acceptors (Lipinski definition) is 3. The summed E-state index contributed by atoms with van der Waals surface area (Å²) in [5.74, 6) is 0.834. The Morgan fingerprint density at radius 3 is 2.43 bits per heavy atom. The van der Waals surface area contributed by atoms with Crippen LogP contribution in [0.15, 0.2) is 24.3 Å². The average molecular weight is 305 g/mol. The number of ether oxygens (including phenoxy) is 2. The number of alkyl halides is 3. The van der Waals surface area contributed by atoms with E-state index in [1.165, 1.54) is 0 Å². The highest BCUT2D eigenvalue weighted by molar-refractivity contribution is 5.27. The highest BCUT2D eigenvalue weighted by atomic mass is 19.4.